The van der Waals surface area contributed by atoms with E-state index in [9.17, 15) is 0 Å². The van der Waals surface area contributed by atoms with Crippen LogP contribution < -0.4 is 0 Å². The molecule has 1 aromatic carbocycles. The third-order valence-corrected chi connectivity index (χ3v) is 3.83. The van der Waals surface area contributed by atoms with Gasteiger partial charge in [0.15, 0.2) is 4.90 Å². The highest BCUT2D eigenvalue weighted by molar-refractivity contribution is 7.97. The Hall–Kier alpha value is -0.470. The van der Waals surface area contributed by atoms with E-state index in [1.165, 1.54) is 10.6 Å². The summed E-state index contributed by atoms with van der Waals surface area (Å²) < 4.78 is 5.32. The topological polar surface area (TPSA) is 9.23 Å². The summed E-state index contributed by atoms with van der Waals surface area (Å²) in [4.78, 5) is 1.45. The van der Waals surface area contributed by atoms with E-state index in [0.29, 0.717) is 10.9 Å². The average Bonchev–Trinajstić information content (AvgIpc) is 2.58. The molecule has 1 heterocycles. The van der Waals surface area contributed by atoms with E-state index in [1.807, 2.05) is 0 Å². The van der Waals surface area contributed by atoms with Crippen molar-refractivity contribution in [3.05, 3.63) is 30.3 Å². The van der Waals surface area contributed by atoms with Gasteiger partial charge in [-0.2, -0.15) is 0 Å². The Morgan fingerprint density at radius 2 is 2.00 bits per heavy atom. The van der Waals surface area contributed by atoms with Crippen LogP contribution in [0.4, 0.5) is 0 Å². The molecule has 0 amide bonds. The van der Waals surface area contributed by atoms with Crippen LogP contribution in [0.2, 0.25) is 0 Å². The molecule has 0 aliphatic carbocycles. The molecule has 1 nitrogen and oxygen atoms in total. The van der Waals surface area contributed by atoms with Crippen LogP contribution in [-0.4, -0.2) is 18.3 Å². The summed E-state index contributed by atoms with van der Waals surface area (Å²) in [7, 11) is 0.387. The lowest BCUT2D eigenvalue weighted by Crippen LogP contribution is -2.03. The van der Waals surface area contributed by atoms with Crippen molar-refractivity contribution in [2.24, 2.45) is 0 Å². The van der Waals surface area contributed by atoms with Gasteiger partial charge >= 0.3 is 0 Å². The van der Waals surface area contributed by atoms with Crippen molar-refractivity contribution in [1.82, 2.24) is 0 Å². The summed E-state index contributed by atoms with van der Waals surface area (Å²) >= 11 is 0. The molecule has 1 saturated heterocycles. The van der Waals surface area contributed by atoms with Gasteiger partial charge in [-0.15, -0.1) is 0 Å². The maximum Gasteiger partial charge on any atom is 0.213 e. The predicted octanol–water partition coefficient (Wildman–Crippen LogP) is 1.65. The van der Waals surface area contributed by atoms with Gasteiger partial charge in [-0.05, 0) is 12.1 Å². The van der Waals surface area contributed by atoms with Crippen molar-refractivity contribution in [3.8, 4) is 0 Å². The zero-order valence-corrected chi connectivity index (χ0v) is 7.14. The minimum absolute atomic E-state index is 0.387. The number of hydrogen-bond acceptors (Lipinski definition) is 1. The van der Waals surface area contributed by atoms with Crippen molar-refractivity contribution < 1.29 is 4.74 Å². The quantitative estimate of drug-likeness (QED) is 0.578. The molecular weight excluding hydrogens is 156 g/mol. The lowest BCUT2D eigenvalue weighted by molar-refractivity contribution is 0.217. The second-order valence-electron chi connectivity index (χ2n) is 2.54. The molecule has 0 radical (unpaired) electrons. The first-order valence-corrected chi connectivity index (χ1v) is 5.33. The molecule has 1 aliphatic rings. The molecular formula is C9H11OS+. The molecule has 0 bridgehead atoms. The standard InChI is InChI=1S/C9H11OS/c1-2-4-9(5-3-1)11-7-6-10-8-11/h1-5H,6-8H2/q+1. The largest absolute Gasteiger partial charge is 0.331 e. The molecule has 1 aromatic rings. The Kier molecular flexibility index (Phi) is 2.15. The van der Waals surface area contributed by atoms with Crippen molar-refractivity contribution >= 4 is 10.9 Å². The van der Waals surface area contributed by atoms with Gasteiger partial charge in [-0.1, -0.05) is 18.2 Å². The maximum atomic E-state index is 5.32. The molecule has 0 saturated carbocycles. The van der Waals surface area contributed by atoms with Crippen molar-refractivity contribution in [2.45, 2.75) is 4.90 Å². The Morgan fingerprint density at radius 3 is 2.64 bits per heavy atom. The van der Waals surface area contributed by atoms with E-state index in [1.54, 1.807) is 0 Å². The highest BCUT2D eigenvalue weighted by Crippen LogP contribution is 2.17. The Labute approximate surface area is 69.7 Å². The van der Waals surface area contributed by atoms with Crippen molar-refractivity contribution in [1.29, 1.82) is 0 Å². The van der Waals surface area contributed by atoms with Crippen LogP contribution in [0.1, 0.15) is 0 Å². The first kappa shape index (κ1) is 7.19. The van der Waals surface area contributed by atoms with Gasteiger partial charge in [0.2, 0.25) is 5.94 Å². The first-order chi connectivity index (χ1) is 5.47. The molecule has 2 rings (SSSR count). The summed E-state index contributed by atoms with van der Waals surface area (Å²) in [5.41, 5.74) is 0. The van der Waals surface area contributed by atoms with Crippen LogP contribution in [0, 0.1) is 0 Å². The molecule has 0 aromatic heterocycles. The Morgan fingerprint density at radius 1 is 1.18 bits per heavy atom. The van der Waals surface area contributed by atoms with Crippen LogP contribution in [0.3, 0.4) is 0 Å². The van der Waals surface area contributed by atoms with Crippen LogP contribution >= 0.6 is 0 Å². The van der Waals surface area contributed by atoms with Gasteiger partial charge in [-0.25, -0.2) is 0 Å². The number of rotatable bonds is 1. The van der Waals surface area contributed by atoms with E-state index in [-0.39, 0.29) is 0 Å². The van der Waals surface area contributed by atoms with E-state index < -0.39 is 0 Å². The molecule has 1 atom stereocenters. The molecule has 11 heavy (non-hydrogen) atoms. The third-order valence-electron chi connectivity index (χ3n) is 1.78. The highest BCUT2D eigenvalue weighted by atomic mass is 32.2. The minimum atomic E-state index is 0.387. The summed E-state index contributed by atoms with van der Waals surface area (Å²) in [6.07, 6.45) is 0. The van der Waals surface area contributed by atoms with E-state index in [2.05, 4.69) is 30.3 Å². The van der Waals surface area contributed by atoms with Crippen LogP contribution in [0.15, 0.2) is 35.2 Å². The van der Waals surface area contributed by atoms with E-state index in [0.717, 1.165) is 12.5 Å². The van der Waals surface area contributed by atoms with Gasteiger partial charge in [0.05, 0.1) is 17.5 Å². The smallest absolute Gasteiger partial charge is 0.213 e. The summed E-state index contributed by atoms with van der Waals surface area (Å²) in [6, 6.07) is 10.6. The van der Waals surface area contributed by atoms with Crippen molar-refractivity contribution in [2.75, 3.05) is 18.3 Å². The molecule has 1 fully saturated rings. The zero-order chi connectivity index (χ0) is 7.52. The van der Waals surface area contributed by atoms with E-state index >= 15 is 0 Å². The fraction of sp³-hybridized carbons (Fsp3) is 0.333. The minimum Gasteiger partial charge on any atom is -0.331 e. The van der Waals surface area contributed by atoms with Gasteiger partial charge in [0, 0.05) is 0 Å². The van der Waals surface area contributed by atoms with Crippen LogP contribution in [0.5, 0.6) is 0 Å². The van der Waals surface area contributed by atoms with Gasteiger partial charge < -0.3 is 4.74 Å². The van der Waals surface area contributed by atoms with Gasteiger partial charge in [-0.3, -0.25) is 0 Å². The summed E-state index contributed by atoms with van der Waals surface area (Å²) in [5.74, 6) is 2.15. The van der Waals surface area contributed by atoms with E-state index in [4.69, 9.17) is 4.74 Å². The average molecular weight is 167 g/mol. The molecule has 2 heteroatoms. The van der Waals surface area contributed by atoms with Crippen LogP contribution in [-0.2, 0) is 15.6 Å². The first-order valence-electron chi connectivity index (χ1n) is 3.77. The van der Waals surface area contributed by atoms with Crippen molar-refractivity contribution in [3.63, 3.8) is 0 Å². The zero-order valence-electron chi connectivity index (χ0n) is 6.32. The number of hydrogen-bond donors (Lipinski definition) is 0. The van der Waals surface area contributed by atoms with Gasteiger partial charge in [0.1, 0.15) is 5.75 Å². The maximum absolute atomic E-state index is 5.32. The molecule has 1 unspecified atom stereocenters. The number of benzene rings is 1. The lowest BCUT2D eigenvalue weighted by Gasteiger charge is -1.95. The third kappa shape index (κ3) is 1.57. The second kappa shape index (κ2) is 3.28. The summed E-state index contributed by atoms with van der Waals surface area (Å²) in [5, 5.41) is 0. The fourth-order valence-corrected chi connectivity index (χ4v) is 2.85. The Bertz CT molecular complexity index is 216. The molecule has 58 valence electrons. The Balaban J connectivity index is 2.16. The highest BCUT2D eigenvalue weighted by Gasteiger charge is 2.26. The monoisotopic (exact) mass is 167 g/mol. The fourth-order valence-electron chi connectivity index (χ4n) is 1.18. The molecule has 0 spiro atoms. The SMILES string of the molecule is c1ccc([S+]2CCOC2)cc1. The second-order valence-corrected chi connectivity index (χ2v) is 4.64. The summed E-state index contributed by atoms with van der Waals surface area (Å²) in [6.45, 7) is 0.942. The van der Waals surface area contributed by atoms with Gasteiger partial charge in [0.25, 0.3) is 0 Å². The molecule has 0 N–H and O–H groups in total. The predicted molar refractivity (Wildman–Crippen MR) is 47.8 cm³/mol. The normalized spacial score (nSPS) is 23.8. The molecule has 1 aliphatic heterocycles. The number of ether oxygens (including phenoxy) is 1. The van der Waals surface area contributed by atoms with Crippen LogP contribution in [0.25, 0.3) is 0 Å². The lowest BCUT2D eigenvalue weighted by atomic mass is 10.4.